The Hall–Kier alpha value is -0.990. The van der Waals surface area contributed by atoms with Gasteiger partial charge in [0.05, 0.1) is 28.6 Å². The van der Waals surface area contributed by atoms with E-state index in [4.69, 9.17) is 5.11 Å². The minimum atomic E-state index is -3.13. The van der Waals surface area contributed by atoms with Gasteiger partial charge in [0.2, 0.25) is 0 Å². The van der Waals surface area contributed by atoms with Crippen molar-refractivity contribution < 1.29 is 18.3 Å². The fourth-order valence-corrected chi connectivity index (χ4v) is 4.81. The summed E-state index contributed by atoms with van der Waals surface area (Å²) in [7, 11) is -3.13. The Labute approximate surface area is 128 Å². The van der Waals surface area contributed by atoms with Crippen LogP contribution in [0, 0.1) is 0 Å². The van der Waals surface area contributed by atoms with Crippen LogP contribution in [-0.4, -0.2) is 53.5 Å². The third-order valence-corrected chi connectivity index (χ3v) is 6.38. The molecule has 1 aliphatic rings. The number of aliphatic carboxylic acids is 1. The zero-order valence-corrected chi connectivity index (χ0v) is 13.8. The second-order valence-corrected chi connectivity index (χ2v) is 8.79. The molecule has 1 aromatic rings. The molecule has 0 bridgehead atoms. The number of nitrogens with zero attached hydrogens (tertiary/aromatic N) is 2. The molecule has 1 unspecified atom stereocenters. The van der Waals surface area contributed by atoms with Crippen LogP contribution in [0.5, 0.6) is 0 Å². The summed E-state index contributed by atoms with van der Waals surface area (Å²) in [4.78, 5) is 17.4. The number of carboxylic acids is 1. The molecule has 6 nitrogen and oxygen atoms in total. The molecule has 1 N–H and O–H groups in total. The van der Waals surface area contributed by atoms with Crippen LogP contribution in [-0.2, 0) is 21.2 Å². The molecule has 0 aromatic carbocycles. The summed E-state index contributed by atoms with van der Waals surface area (Å²) in [5.41, 5.74) is 0.887. The predicted octanol–water partition coefficient (Wildman–Crippen LogP) is 1.34. The fraction of sp³-hybridized carbons (Fsp3) is 0.692. The molecule has 1 aromatic heterocycles. The van der Waals surface area contributed by atoms with Crippen molar-refractivity contribution in [2.45, 2.75) is 38.8 Å². The van der Waals surface area contributed by atoms with E-state index in [9.17, 15) is 13.2 Å². The van der Waals surface area contributed by atoms with Crippen LogP contribution in [0.4, 0.5) is 0 Å². The molecular weight excluding hydrogens is 312 g/mol. The standard InChI is InChI=1S/C13H20N2O4S2/c1-9(2)13-14-10(7-20-13)6-15-3-4-21(18,19)8-11(15)5-12(16)17/h7,9,11H,3-6,8H2,1-2H3,(H,16,17). The number of rotatable bonds is 5. The van der Waals surface area contributed by atoms with Crippen LogP contribution < -0.4 is 0 Å². The zero-order chi connectivity index (χ0) is 15.6. The van der Waals surface area contributed by atoms with Gasteiger partial charge in [-0.2, -0.15) is 0 Å². The quantitative estimate of drug-likeness (QED) is 0.875. The Morgan fingerprint density at radius 1 is 1.57 bits per heavy atom. The molecule has 8 heteroatoms. The SMILES string of the molecule is CC(C)c1nc(CN2CCS(=O)(=O)CC2CC(=O)O)cs1. The first kappa shape index (κ1) is 16.4. The average Bonchev–Trinajstić information content (AvgIpc) is 2.80. The number of thiazole rings is 1. The highest BCUT2D eigenvalue weighted by Gasteiger charge is 2.32. The van der Waals surface area contributed by atoms with Crippen LogP contribution in [0.1, 0.15) is 36.9 Å². The van der Waals surface area contributed by atoms with Gasteiger partial charge in [-0.15, -0.1) is 11.3 Å². The Morgan fingerprint density at radius 3 is 2.86 bits per heavy atom. The van der Waals surface area contributed by atoms with E-state index in [0.29, 0.717) is 19.0 Å². The van der Waals surface area contributed by atoms with E-state index in [-0.39, 0.29) is 17.9 Å². The van der Waals surface area contributed by atoms with Crippen molar-refractivity contribution in [1.29, 1.82) is 0 Å². The number of hydrogen-bond donors (Lipinski definition) is 1. The van der Waals surface area contributed by atoms with Crippen molar-refractivity contribution in [3.05, 3.63) is 16.1 Å². The van der Waals surface area contributed by atoms with E-state index in [1.165, 1.54) is 0 Å². The monoisotopic (exact) mass is 332 g/mol. The fourth-order valence-electron chi connectivity index (χ4n) is 2.39. The third-order valence-electron chi connectivity index (χ3n) is 3.49. The molecule has 2 heterocycles. The van der Waals surface area contributed by atoms with Gasteiger partial charge in [0.25, 0.3) is 0 Å². The van der Waals surface area contributed by atoms with Crippen molar-refractivity contribution in [3.63, 3.8) is 0 Å². The van der Waals surface area contributed by atoms with E-state index < -0.39 is 21.8 Å². The predicted molar refractivity (Wildman–Crippen MR) is 81.3 cm³/mol. The lowest BCUT2D eigenvalue weighted by Crippen LogP contribution is -2.48. The van der Waals surface area contributed by atoms with Gasteiger partial charge in [-0.1, -0.05) is 13.8 Å². The summed E-state index contributed by atoms with van der Waals surface area (Å²) in [6.07, 6.45) is -0.152. The van der Waals surface area contributed by atoms with Gasteiger partial charge in [0.15, 0.2) is 9.84 Å². The van der Waals surface area contributed by atoms with E-state index >= 15 is 0 Å². The second-order valence-electron chi connectivity index (χ2n) is 5.67. The van der Waals surface area contributed by atoms with Gasteiger partial charge in [0.1, 0.15) is 0 Å². The molecule has 1 saturated heterocycles. The molecule has 0 saturated carbocycles. The van der Waals surface area contributed by atoms with Crippen molar-refractivity contribution in [3.8, 4) is 0 Å². The van der Waals surface area contributed by atoms with Gasteiger partial charge < -0.3 is 5.11 Å². The van der Waals surface area contributed by atoms with Crippen molar-refractivity contribution >= 4 is 27.1 Å². The molecular formula is C13H20N2O4S2. The highest BCUT2D eigenvalue weighted by atomic mass is 32.2. The maximum absolute atomic E-state index is 11.7. The highest BCUT2D eigenvalue weighted by Crippen LogP contribution is 2.22. The smallest absolute Gasteiger partial charge is 0.304 e. The van der Waals surface area contributed by atoms with Crippen molar-refractivity contribution in [1.82, 2.24) is 9.88 Å². The van der Waals surface area contributed by atoms with Crippen LogP contribution in [0.3, 0.4) is 0 Å². The maximum Gasteiger partial charge on any atom is 0.304 e. The molecule has 0 aliphatic carbocycles. The van der Waals surface area contributed by atoms with Gasteiger partial charge in [-0.25, -0.2) is 13.4 Å². The summed E-state index contributed by atoms with van der Waals surface area (Å²) in [6, 6.07) is -0.467. The molecule has 1 fully saturated rings. The molecule has 0 spiro atoms. The third kappa shape index (κ3) is 4.49. The van der Waals surface area contributed by atoms with Gasteiger partial charge in [-0.3, -0.25) is 9.69 Å². The lowest BCUT2D eigenvalue weighted by molar-refractivity contribution is -0.138. The van der Waals surface area contributed by atoms with Crippen LogP contribution >= 0.6 is 11.3 Å². The molecule has 1 atom stereocenters. The lowest BCUT2D eigenvalue weighted by Gasteiger charge is -2.34. The van der Waals surface area contributed by atoms with E-state index in [1.807, 2.05) is 10.3 Å². The summed E-state index contributed by atoms with van der Waals surface area (Å²) in [5, 5.41) is 12.0. The van der Waals surface area contributed by atoms with Crippen LogP contribution in [0.25, 0.3) is 0 Å². The van der Waals surface area contributed by atoms with Crippen molar-refractivity contribution in [2.24, 2.45) is 0 Å². The van der Waals surface area contributed by atoms with Crippen LogP contribution in [0.2, 0.25) is 0 Å². The second kappa shape index (κ2) is 6.41. The van der Waals surface area contributed by atoms with E-state index in [2.05, 4.69) is 18.8 Å². The maximum atomic E-state index is 11.7. The van der Waals surface area contributed by atoms with E-state index in [0.717, 1.165) is 10.7 Å². The number of aromatic nitrogens is 1. The number of carbonyl (C=O) groups is 1. The summed E-state index contributed by atoms with van der Waals surface area (Å²) in [5.74, 6) is -0.603. The molecule has 21 heavy (non-hydrogen) atoms. The topological polar surface area (TPSA) is 87.6 Å². The molecule has 1 aliphatic heterocycles. The Kier molecular flexibility index (Phi) is 5.00. The molecule has 2 rings (SSSR count). The number of hydrogen-bond acceptors (Lipinski definition) is 6. The summed E-state index contributed by atoms with van der Waals surface area (Å²) in [6.45, 7) is 5.03. The Morgan fingerprint density at radius 2 is 2.29 bits per heavy atom. The van der Waals surface area contributed by atoms with Gasteiger partial charge in [-0.05, 0) is 0 Å². The minimum Gasteiger partial charge on any atom is -0.481 e. The van der Waals surface area contributed by atoms with Crippen molar-refractivity contribution in [2.75, 3.05) is 18.1 Å². The summed E-state index contributed by atoms with van der Waals surface area (Å²) < 4.78 is 23.4. The average molecular weight is 332 g/mol. The molecule has 0 radical (unpaired) electrons. The van der Waals surface area contributed by atoms with Gasteiger partial charge in [0, 0.05) is 30.4 Å². The number of carboxylic acid groups (broad SMARTS) is 1. The first-order chi connectivity index (χ1) is 9.77. The molecule has 0 amide bonds. The highest BCUT2D eigenvalue weighted by molar-refractivity contribution is 7.91. The summed E-state index contributed by atoms with van der Waals surface area (Å²) >= 11 is 1.59. The zero-order valence-electron chi connectivity index (χ0n) is 12.2. The number of sulfone groups is 1. The minimum absolute atomic E-state index is 0.0829. The van der Waals surface area contributed by atoms with E-state index in [1.54, 1.807) is 11.3 Å². The first-order valence-corrected chi connectivity index (χ1v) is 9.57. The molecule has 118 valence electrons. The first-order valence-electron chi connectivity index (χ1n) is 6.87. The Bertz CT molecular complexity index is 609. The van der Waals surface area contributed by atoms with Gasteiger partial charge >= 0.3 is 5.97 Å². The lowest BCUT2D eigenvalue weighted by atomic mass is 10.2. The Balaban J connectivity index is 2.10. The normalized spacial score (nSPS) is 22.5. The largest absolute Gasteiger partial charge is 0.481 e. The van der Waals surface area contributed by atoms with Crippen LogP contribution in [0.15, 0.2) is 5.38 Å².